The third kappa shape index (κ3) is 3.62. The van der Waals surface area contributed by atoms with Gasteiger partial charge in [-0.2, -0.15) is 0 Å². The van der Waals surface area contributed by atoms with Crippen LogP contribution in [0, 0.1) is 0 Å². The van der Waals surface area contributed by atoms with Gasteiger partial charge in [-0.15, -0.1) is 0 Å². The van der Waals surface area contributed by atoms with Crippen LogP contribution in [0.5, 0.6) is 11.5 Å². The van der Waals surface area contributed by atoms with Crippen molar-refractivity contribution in [3.63, 3.8) is 0 Å². The Bertz CT molecular complexity index is 915. The van der Waals surface area contributed by atoms with Crippen molar-refractivity contribution in [3.8, 4) is 11.5 Å². The molecule has 0 unspecified atom stereocenters. The van der Waals surface area contributed by atoms with Crippen LogP contribution < -0.4 is 19.7 Å². The monoisotopic (exact) mass is 381 g/mol. The van der Waals surface area contributed by atoms with E-state index in [9.17, 15) is 14.4 Å². The first kappa shape index (κ1) is 17.8. The molecule has 4 rings (SSSR count). The van der Waals surface area contributed by atoms with Gasteiger partial charge in [0.05, 0.1) is 0 Å². The predicted octanol–water partition coefficient (Wildman–Crippen LogP) is 0.907. The number of hydrogen-bond acceptors (Lipinski definition) is 5. The van der Waals surface area contributed by atoms with Gasteiger partial charge >= 0.3 is 11.8 Å². The van der Waals surface area contributed by atoms with Crippen molar-refractivity contribution in [1.29, 1.82) is 0 Å². The van der Waals surface area contributed by atoms with Crippen LogP contribution in [0.25, 0.3) is 0 Å². The Morgan fingerprint density at radius 2 is 1.75 bits per heavy atom. The van der Waals surface area contributed by atoms with Gasteiger partial charge in [0.15, 0.2) is 11.5 Å². The summed E-state index contributed by atoms with van der Waals surface area (Å²) >= 11 is 0. The van der Waals surface area contributed by atoms with Crippen LogP contribution in [-0.4, -0.2) is 49.0 Å². The predicted molar refractivity (Wildman–Crippen MR) is 99.8 cm³/mol. The summed E-state index contributed by atoms with van der Waals surface area (Å²) < 4.78 is 10.6. The van der Waals surface area contributed by atoms with E-state index in [0.717, 1.165) is 5.56 Å². The second kappa shape index (κ2) is 7.59. The average Bonchev–Trinajstić information content (AvgIpc) is 3.19. The van der Waals surface area contributed by atoms with Crippen LogP contribution in [0.4, 0.5) is 5.69 Å². The fourth-order valence-corrected chi connectivity index (χ4v) is 3.15. The minimum Gasteiger partial charge on any atom is -0.454 e. The van der Waals surface area contributed by atoms with Gasteiger partial charge in [0.1, 0.15) is 6.54 Å². The highest BCUT2D eigenvalue weighted by molar-refractivity contribution is 6.41. The highest BCUT2D eigenvalue weighted by Gasteiger charge is 2.34. The van der Waals surface area contributed by atoms with Gasteiger partial charge in [-0.1, -0.05) is 30.3 Å². The van der Waals surface area contributed by atoms with E-state index in [1.807, 2.05) is 30.3 Å². The summed E-state index contributed by atoms with van der Waals surface area (Å²) in [5.74, 6) is -0.516. The molecule has 0 aliphatic carbocycles. The second-order valence-corrected chi connectivity index (χ2v) is 6.48. The highest BCUT2D eigenvalue weighted by Crippen LogP contribution is 2.35. The Morgan fingerprint density at radius 3 is 2.57 bits per heavy atom. The second-order valence-electron chi connectivity index (χ2n) is 6.48. The fourth-order valence-electron chi connectivity index (χ4n) is 3.15. The van der Waals surface area contributed by atoms with Gasteiger partial charge in [0.2, 0.25) is 12.7 Å². The summed E-state index contributed by atoms with van der Waals surface area (Å²) in [7, 11) is 0. The molecule has 0 spiro atoms. The molecule has 28 heavy (non-hydrogen) atoms. The maximum atomic E-state index is 12.5. The van der Waals surface area contributed by atoms with Gasteiger partial charge in [-0.25, -0.2) is 0 Å². The fraction of sp³-hybridized carbons (Fsp3) is 0.250. The van der Waals surface area contributed by atoms with Crippen LogP contribution in [-0.2, 0) is 20.9 Å². The first-order valence-electron chi connectivity index (χ1n) is 8.93. The number of rotatable bonds is 5. The van der Waals surface area contributed by atoms with E-state index in [0.29, 0.717) is 30.3 Å². The molecule has 0 radical (unpaired) electrons. The van der Waals surface area contributed by atoms with Crippen molar-refractivity contribution in [1.82, 2.24) is 10.2 Å². The van der Waals surface area contributed by atoms with Crippen LogP contribution >= 0.6 is 0 Å². The molecule has 1 fully saturated rings. The zero-order valence-electron chi connectivity index (χ0n) is 15.1. The Kier molecular flexibility index (Phi) is 4.84. The number of amides is 3. The summed E-state index contributed by atoms with van der Waals surface area (Å²) in [6.07, 6.45) is 0. The van der Waals surface area contributed by atoms with Crippen LogP contribution in [0.1, 0.15) is 5.56 Å². The number of carbonyl (C=O) groups is 3. The number of carbonyl (C=O) groups excluding carboxylic acids is 3. The molecule has 0 aromatic heterocycles. The summed E-state index contributed by atoms with van der Waals surface area (Å²) in [5.41, 5.74) is 1.53. The third-order valence-electron chi connectivity index (χ3n) is 4.64. The average molecular weight is 381 g/mol. The highest BCUT2D eigenvalue weighted by atomic mass is 16.7. The normalized spacial score (nSPS) is 15.7. The summed E-state index contributed by atoms with van der Waals surface area (Å²) in [6, 6.07) is 14.6. The van der Waals surface area contributed by atoms with Crippen molar-refractivity contribution >= 4 is 23.4 Å². The van der Waals surface area contributed by atoms with E-state index in [4.69, 9.17) is 9.47 Å². The zero-order valence-corrected chi connectivity index (χ0v) is 15.1. The Morgan fingerprint density at radius 1 is 0.964 bits per heavy atom. The molecule has 8 nitrogen and oxygen atoms in total. The van der Waals surface area contributed by atoms with E-state index < -0.39 is 11.8 Å². The first-order chi connectivity index (χ1) is 13.6. The van der Waals surface area contributed by atoms with Crippen molar-refractivity contribution in [2.75, 3.05) is 31.3 Å². The molecule has 3 amide bonds. The third-order valence-corrected chi connectivity index (χ3v) is 4.64. The Labute approximate surface area is 161 Å². The number of nitrogens with zero attached hydrogens (tertiary/aromatic N) is 2. The van der Waals surface area contributed by atoms with Gasteiger partial charge in [-0.05, 0) is 17.7 Å². The Hall–Kier alpha value is -3.55. The maximum absolute atomic E-state index is 12.5. The molecule has 0 bridgehead atoms. The lowest BCUT2D eigenvalue weighted by molar-refractivity contribution is -0.147. The van der Waals surface area contributed by atoms with Crippen molar-refractivity contribution in [2.24, 2.45) is 0 Å². The summed E-state index contributed by atoms with van der Waals surface area (Å²) in [6.45, 7) is 0.941. The van der Waals surface area contributed by atoms with E-state index in [-0.39, 0.29) is 25.8 Å². The molecule has 2 aromatic rings. The Balaban J connectivity index is 1.35. The molecule has 2 aromatic carbocycles. The smallest absolute Gasteiger partial charge is 0.316 e. The topological polar surface area (TPSA) is 88.2 Å². The maximum Gasteiger partial charge on any atom is 0.316 e. The summed E-state index contributed by atoms with van der Waals surface area (Å²) in [5, 5.41) is 2.76. The van der Waals surface area contributed by atoms with Gasteiger partial charge < -0.3 is 24.6 Å². The zero-order chi connectivity index (χ0) is 19.5. The standard InChI is InChI=1S/C20H19N3O5/c24-18(21-11-14-4-2-1-3-5-14)12-22-8-9-23(20(26)19(22)25)15-6-7-16-17(10-15)28-13-27-16/h1-7,10H,8-9,11-13H2,(H,21,24). The molecular formula is C20H19N3O5. The minimum absolute atomic E-state index is 0.136. The van der Waals surface area contributed by atoms with Crippen molar-refractivity contribution < 1.29 is 23.9 Å². The van der Waals surface area contributed by atoms with Crippen molar-refractivity contribution in [2.45, 2.75) is 6.54 Å². The van der Waals surface area contributed by atoms with Crippen LogP contribution in [0.2, 0.25) is 0 Å². The molecule has 2 aliphatic rings. The number of ether oxygens (including phenoxy) is 2. The number of hydrogen-bond donors (Lipinski definition) is 1. The largest absolute Gasteiger partial charge is 0.454 e. The molecule has 2 heterocycles. The minimum atomic E-state index is -0.696. The molecule has 0 atom stereocenters. The van der Waals surface area contributed by atoms with Crippen molar-refractivity contribution in [3.05, 3.63) is 54.1 Å². The van der Waals surface area contributed by atoms with Gasteiger partial charge in [-0.3, -0.25) is 14.4 Å². The molecule has 8 heteroatoms. The molecule has 1 saturated heterocycles. The van der Waals surface area contributed by atoms with E-state index in [1.54, 1.807) is 18.2 Å². The van der Waals surface area contributed by atoms with Gasteiger partial charge in [0.25, 0.3) is 0 Å². The molecule has 1 N–H and O–H groups in total. The molecule has 144 valence electrons. The van der Waals surface area contributed by atoms with Crippen LogP contribution in [0.15, 0.2) is 48.5 Å². The number of nitrogens with one attached hydrogen (secondary N) is 1. The number of fused-ring (bicyclic) bond motifs is 1. The number of benzene rings is 2. The van der Waals surface area contributed by atoms with E-state index in [2.05, 4.69) is 5.32 Å². The number of piperazine rings is 1. The summed E-state index contributed by atoms with van der Waals surface area (Å²) in [4.78, 5) is 39.8. The van der Waals surface area contributed by atoms with E-state index in [1.165, 1.54) is 9.80 Å². The molecule has 0 saturated carbocycles. The quantitative estimate of drug-likeness (QED) is 0.778. The lowest BCUT2D eigenvalue weighted by atomic mass is 10.2. The molecular weight excluding hydrogens is 362 g/mol. The van der Waals surface area contributed by atoms with E-state index >= 15 is 0 Å². The SMILES string of the molecule is O=C(CN1CCN(c2ccc3c(c2)OCO3)C(=O)C1=O)NCc1ccccc1. The van der Waals surface area contributed by atoms with Crippen LogP contribution in [0.3, 0.4) is 0 Å². The number of anilines is 1. The van der Waals surface area contributed by atoms with Gasteiger partial charge in [0, 0.05) is 31.4 Å². The first-order valence-corrected chi connectivity index (χ1v) is 8.93. The molecule has 2 aliphatic heterocycles. The lowest BCUT2D eigenvalue weighted by Gasteiger charge is -2.33. The lowest BCUT2D eigenvalue weighted by Crippen LogP contribution is -2.56.